The molecule has 0 aliphatic rings. The Balaban J connectivity index is 1.76. The maximum Gasteiger partial charge on any atom is 0.282 e. The second kappa shape index (κ2) is 9.20. The Kier molecular flexibility index (Phi) is 6.60. The molecular formula is C18H20F4N8O2. The number of amides is 2. The Hall–Kier alpha value is -3.71. The molecule has 0 fully saturated rings. The molecule has 0 spiro atoms. The summed E-state index contributed by atoms with van der Waals surface area (Å²) in [6.07, 6.45) is -1.68. The number of rotatable bonds is 8. The summed E-state index contributed by atoms with van der Waals surface area (Å²) >= 11 is 0. The second-order valence-corrected chi connectivity index (χ2v) is 6.94. The fraction of sp³-hybridized carbons (Fsp3) is 0.389. The molecule has 0 bridgehead atoms. The normalized spacial score (nSPS) is 12.4. The molecule has 0 radical (unpaired) electrons. The zero-order chi connectivity index (χ0) is 23.6. The zero-order valence-corrected chi connectivity index (χ0v) is 17.3. The molecule has 2 amide bonds. The molecule has 3 heterocycles. The lowest BCUT2D eigenvalue weighted by Crippen LogP contribution is -2.29. The lowest BCUT2D eigenvalue weighted by atomic mass is 10.2. The van der Waals surface area contributed by atoms with Crippen LogP contribution in [0.2, 0.25) is 0 Å². The van der Waals surface area contributed by atoms with Gasteiger partial charge in [0.2, 0.25) is 5.91 Å². The Morgan fingerprint density at radius 1 is 1.09 bits per heavy atom. The van der Waals surface area contributed by atoms with Gasteiger partial charge in [0.1, 0.15) is 23.1 Å². The standard InChI is InChI=1S/C18H20F4N8O2/c1-9(30-13(16(21)22)4-11(27-30)15(19)20)17(31)26-12-7-25-29(3)14(12)18(32)23-5-10-6-24-28(2)8-10/h4,6-9,15-16H,5H2,1-3H3,(H,23,32)(H,26,31). The first-order valence-electron chi connectivity index (χ1n) is 9.32. The van der Waals surface area contributed by atoms with E-state index in [4.69, 9.17) is 0 Å². The SMILES string of the molecule is CC(C(=O)Nc1cnn(C)c1C(=O)NCc1cnn(C)c1)n1nc(C(F)F)cc1C(F)F. The van der Waals surface area contributed by atoms with Crippen molar-refractivity contribution < 1.29 is 27.2 Å². The fourth-order valence-corrected chi connectivity index (χ4v) is 2.98. The number of nitrogens with one attached hydrogen (secondary N) is 2. The lowest BCUT2D eigenvalue weighted by Gasteiger charge is -2.15. The minimum atomic E-state index is -3.11. The van der Waals surface area contributed by atoms with Crippen LogP contribution in [-0.4, -0.2) is 41.2 Å². The van der Waals surface area contributed by atoms with Crippen LogP contribution in [0.25, 0.3) is 0 Å². The quantitative estimate of drug-likeness (QED) is 0.506. The van der Waals surface area contributed by atoms with Crippen molar-refractivity contribution in [1.29, 1.82) is 0 Å². The molecule has 1 unspecified atom stereocenters. The predicted octanol–water partition coefficient (Wildman–Crippen LogP) is 2.35. The van der Waals surface area contributed by atoms with E-state index in [1.165, 1.54) is 24.9 Å². The van der Waals surface area contributed by atoms with Crippen LogP contribution in [0.4, 0.5) is 23.2 Å². The van der Waals surface area contributed by atoms with Crippen LogP contribution >= 0.6 is 0 Å². The fourth-order valence-electron chi connectivity index (χ4n) is 2.98. The van der Waals surface area contributed by atoms with Gasteiger partial charge in [-0.15, -0.1) is 0 Å². The molecule has 172 valence electrons. The number of aryl methyl sites for hydroxylation is 2. The number of hydrogen-bond donors (Lipinski definition) is 2. The topological polar surface area (TPSA) is 112 Å². The maximum absolute atomic E-state index is 13.2. The van der Waals surface area contributed by atoms with Crippen LogP contribution in [0.1, 0.15) is 53.3 Å². The first-order valence-corrected chi connectivity index (χ1v) is 9.32. The van der Waals surface area contributed by atoms with E-state index in [1.807, 2.05) is 0 Å². The maximum atomic E-state index is 13.2. The van der Waals surface area contributed by atoms with Gasteiger partial charge in [-0.2, -0.15) is 15.3 Å². The highest BCUT2D eigenvalue weighted by Crippen LogP contribution is 2.28. The molecule has 0 saturated carbocycles. The van der Waals surface area contributed by atoms with Gasteiger partial charge < -0.3 is 10.6 Å². The van der Waals surface area contributed by atoms with Gasteiger partial charge in [0.15, 0.2) is 0 Å². The number of nitrogens with zero attached hydrogens (tertiary/aromatic N) is 6. The molecule has 0 aromatic carbocycles. The largest absolute Gasteiger partial charge is 0.346 e. The van der Waals surface area contributed by atoms with Crippen molar-refractivity contribution in [2.75, 3.05) is 5.32 Å². The number of halogens is 4. The van der Waals surface area contributed by atoms with E-state index in [0.717, 1.165) is 5.56 Å². The molecule has 3 aromatic rings. The third-order valence-electron chi connectivity index (χ3n) is 4.60. The van der Waals surface area contributed by atoms with E-state index in [1.54, 1.807) is 24.1 Å². The molecule has 2 N–H and O–H groups in total. The average molecular weight is 456 g/mol. The summed E-state index contributed by atoms with van der Waals surface area (Å²) in [5.74, 6) is -1.39. The highest BCUT2D eigenvalue weighted by molar-refractivity contribution is 6.03. The van der Waals surface area contributed by atoms with Gasteiger partial charge in [-0.3, -0.25) is 23.6 Å². The van der Waals surface area contributed by atoms with Gasteiger partial charge >= 0.3 is 0 Å². The molecule has 3 rings (SSSR count). The number of carbonyl (C=O) groups excluding carboxylic acids is 2. The predicted molar refractivity (Wildman–Crippen MR) is 103 cm³/mol. The van der Waals surface area contributed by atoms with E-state index in [2.05, 4.69) is 25.9 Å². The van der Waals surface area contributed by atoms with Gasteiger partial charge in [-0.25, -0.2) is 17.6 Å². The van der Waals surface area contributed by atoms with Crippen LogP contribution in [0.3, 0.4) is 0 Å². The molecule has 3 aromatic heterocycles. The summed E-state index contributed by atoms with van der Waals surface area (Å²) in [6.45, 7) is 1.39. The average Bonchev–Trinajstić information content (AvgIpc) is 3.44. The Bertz CT molecular complexity index is 1120. The van der Waals surface area contributed by atoms with E-state index in [-0.39, 0.29) is 17.9 Å². The van der Waals surface area contributed by atoms with Gasteiger partial charge in [-0.1, -0.05) is 0 Å². The molecule has 0 saturated heterocycles. The van der Waals surface area contributed by atoms with Gasteiger partial charge in [0.05, 0.1) is 18.1 Å². The summed E-state index contributed by atoms with van der Waals surface area (Å²) in [5.41, 5.74) is -0.902. The number of hydrogen-bond acceptors (Lipinski definition) is 5. The number of alkyl halides is 4. The molecule has 14 heteroatoms. The second-order valence-electron chi connectivity index (χ2n) is 6.94. The first-order chi connectivity index (χ1) is 15.1. The molecule has 0 aliphatic carbocycles. The van der Waals surface area contributed by atoms with Gasteiger partial charge in [0.25, 0.3) is 18.8 Å². The minimum absolute atomic E-state index is 0.0114. The molecular weight excluding hydrogens is 436 g/mol. The smallest absolute Gasteiger partial charge is 0.282 e. The molecule has 32 heavy (non-hydrogen) atoms. The van der Waals surface area contributed by atoms with Gasteiger partial charge in [0, 0.05) is 32.4 Å². The van der Waals surface area contributed by atoms with Crippen molar-refractivity contribution >= 4 is 17.5 Å². The summed E-state index contributed by atoms with van der Waals surface area (Å²) < 4.78 is 55.6. The third-order valence-corrected chi connectivity index (χ3v) is 4.60. The van der Waals surface area contributed by atoms with Crippen LogP contribution in [0, 0.1) is 0 Å². The zero-order valence-electron chi connectivity index (χ0n) is 17.3. The molecule has 10 nitrogen and oxygen atoms in total. The first kappa shape index (κ1) is 23.0. The van der Waals surface area contributed by atoms with Crippen molar-refractivity contribution in [3.63, 3.8) is 0 Å². The molecule has 0 aliphatic heterocycles. The van der Waals surface area contributed by atoms with Crippen molar-refractivity contribution in [2.45, 2.75) is 32.4 Å². The summed E-state index contributed by atoms with van der Waals surface area (Å²) in [5, 5.41) is 16.5. The monoisotopic (exact) mass is 456 g/mol. The van der Waals surface area contributed by atoms with E-state index < -0.39 is 42.1 Å². The van der Waals surface area contributed by atoms with Crippen LogP contribution < -0.4 is 10.6 Å². The number of aromatic nitrogens is 6. The lowest BCUT2D eigenvalue weighted by molar-refractivity contribution is -0.119. The van der Waals surface area contributed by atoms with Crippen LogP contribution in [0.15, 0.2) is 24.7 Å². The van der Waals surface area contributed by atoms with Crippen molar-refractivity contribution in [2.24, 2.45) is 14.1 Å². The minimum Gasteiger partial charge on any atom is -0.346 e. The summed E-state index contributed by atoms with van der Waals surface area (Å²) in [6, 6.07) is -0.807. The van der Waals surface area contributed by atoms with E-state index in [0.29, 0.717) is 10.7 Å². The Morgan fingerprint density at radius 3 is 2.41 bits per heavy atom. The van der Waals surface area contributed by atoms with E-state index in [9.17, 15) is 27.2 Å². The molecule has 1 atom stereocenters. The van der Waals surface area contributed by atoms with Crippen LogP contribution in [-0.2, 0) is 25.4 Å². The van der Waals surface area contributed by atoms with Crippen molar-refractivity contribution in [3.8, 4) is 0 Å². The summed E-state index contributed by atoms with van der Waals surface area (Å²) in [7, 11) is 3.21. The summed E-state index contributed by atoms with van der Waals surface area (Å²) in [4.78, 5) is 25.3. The number of carbonyl (C=O) groups is 2. The third kappa shape index (κ3) is 4.78. The highest BCUT2D eigenvalue weighted by Gasteiger charge is 2.28. The number of anilines is 1. The van der Waals surface area contributed by atoms with Crippen LogP contribution in [0.5, 0.6) is 0 Å². The Morgan fingerprint density at radius 2 is 1.81 bits per heavy atom. The highest BCUT2D eigenvalue weighted by atomic mass is 19.3. The van der Waals surface area contributed by atoms with Crippen molar-refractivity contribution in [3.05, 3.63) is 47.3 Å². The van der Waals surface area contributed by atoms with E-state index >= 15 is 0 Å². The van der Waals surface area contributed by atoms with Crippen molar-refractivity contribution in [1.82, 2.24) is 34.7 Å². The van der Waals surface area contributed by atoms with Gasteiger partial charge in [-0.05, 0) is 13.0 Å². The Labute approximate surface area is 179 Å².